The molecule has 0 saturated carbocycles. The first kappa shape index (κ1) is 21.9. The highest BCUT2D eigenvalue weighted by molar-refractivity contribution is 7.13. The molecule has 0 bridgehead atoms. The van der Waals surface area contributed by atoms with Crippen LogP contribution in [-0.4, -0.2) is 43.1 Å². The summed E-state index contributed by atoms with van der Waals surface area (Å²) in [5.41, 5.74) is 2.37. The number of rotatable bonds is 5. The van der Waals surface area contributed by atoms with E-state index in [1.54, 1.807) is 30.5 Å². The number of hydrogen-bond acceptors (Lipinski definition) is 7. The first-order valence-electron chi connectivity index (χ1n) is 10.8. The number of thiazole rings is 1. The van der Waals surface area contributed by atoms with Crippen LogP contribution in [0.3, 0.4) is 0 Å². The molecule has 3 heterocycles. The Labute approximate surface area is 200 Å². The van der Waals surface area contributed by atoms with Gasteiger partial charge in [-0.05, 0) is 30.3 Å². The van der Waals surface area contributed by atoms with E-state index in [1.807, 2.05) is 36.4 Å². The maximum Gasteiger partial charge on any atom is 0.291 e. The van der Waals surface area contributed by atoms with E-state index in [2.05, 4.69) is 20.5 Å². The van der Waals surface area contributed by atoms with Gasteiger partial charge in [-0.25, -0.2) is 4.98 Å². The van der Waals surface area contributed by atoms with Gasteiger partial charge < -0.3 is 25.0 Å². The number of fused-ring (bicyclic) bond motifs is 1. The fourth-order valence-corrected chi connectivity index (χ4v) is 4.41. The van der Waals surface area contributed by atoms with E-state index < -0.39 is 0 Å². The molecule has 2 aromatic carbocycles. The van der Waals surface area contributed by atoms with Crippen molar-refractivity contribution >= 4 is 52.4 Å². The minimum Gasteiger partial charge on any atom is -0.449 e. The van der Waals surface area contributed by atoms with E-state index in [0.29, 0.717) is 29.7 Å². The second-order valence-corrected chi connectivity index (χ2v) is 8.69. The second kappa shape index (κ2) is 9.90. The van der Waals surface area contributed by atoms with Crippen molar-refractivity contribution in [1.29, 1.82) is 0 Å². The molecule has 2 amide bonds. The van der Waals surface area contributed by atoms with E-state index in [9.17, 15) is 9.59 Å². The van der Waals surface area contributed by atoms with Gasteiger partial charge in [0.25, 0.3) is 5.91 Å². The molecule has 1 fully saturated rings. The number of carbonyl (C=O) groups excluding carboxylic acids is 2. The summed E-state index contributed by atoms with van der Waals surface area (Å²) >= 11 is 1.35. The Bertz CT molecular complexity index is 1280. The molecule has 0 unspecified atom stereocenters. The Kier molecular flexibility index (Phi) is 6.37. The molecule has 5 rings (SSSR count). The highest BCUT2D eigenvalue weighted by atomic mass is 32.1. The third kappa shape index (κ3) is 5.00. The summed E-state index contributed by atoms with van der Waals surface area (Å²) in [5, 5.41) is 6.35. The summed E-state index contributed by atoms with van der Waals surface area (Å²) in [4.78, 5) is 32.2. The minimum absolute atomic E-state index is 0.168. The molecule has 8 nitrogen and oxygen atoms in total. The summed E-state index contributed by atoms with van der Waals surface area (Å²) in [6.07, 6.45) is 6.41. The summed E-state index contributed by atoms with van der Waals surface area (Å²) < 4.78 is 11.1. The van der Waals surface area contributed by atoms with E-state index in [1.165, 1.54) is 17.4 Å². The Balaban J connectivity index is 1.24. The number of anilines is 3. The van der Waals surface area contributed by atoms with Crippen molar-refractivity contribution in [3.8, 4) is 5.75 Å². The maximum absolute atomic E-state index is 12.6. The van der Waals surface area contributed by atoms with Crippen LogP contribution in [0.5, 0.6) is 5.75 Å². The van der Waals surface area contributed by atoms with Gasteiger partial charge in [0.15, 0.2) is 11.5 Å². The topological polar surface area (TPSA) is 92.8 Å². The molecule has 0 radical (unpaired) electrons. The number of nitrogens with one attached hydrogen (secondary N) is 2. The van der Waals surface area contributed by atoms with Crippen LogP contribution in [0.4, 0.5) is 17.1 Å². The molecule has 1 saturated heterocycles. The lowest BCUT2D eigenvalue weighted by Crippen LogP contribution is -2.36. The summed E-state index contributed by atoms with van der Waals surface area (Å²) in [7, 11) is 0. The highest BCUT2D eigenvalue weighted by Gasteiger charge is 2.22. The third-order valence-electron chi connectivity index (χ3n) is 5.29. The minimum atomic E-state index is -0.329. The molecular weight excluding hydrogens is 452 g/mol. The number of aromatic nitrogens is 1. The highest BCUT2D eigenvalue weighted by Crippen LogP contribution is 2.31. The maximum atomic E-state index is 12.6. The average molecular weight is 475 g/mol. The summed E-state index contributed by atoms with van der Waals surface area (Å²) in [6.45, 7) is 2.92. The van der Waals surface area contributed by atoms with Crippen LogP contribution in [0.1, 0.15) is 9.88 Å². The summed E-state index contributed by atoms with van der Waals surface area (Å²) in [6, 6.07) is 15.0. The smallest absolute Gasteiger partial charge is 0.291 e. The number of para-hydroxylation sites is 4. The third-order valence-corrected chi connectivity index (χ3v) is 6.20. The predicted octanol–water partition coefficient (Wildman–Crippen LogP) is 4.00. The molecule has 0 spiro atoms. The van der Waals surface area contributed by atoms with Crippen LogP contribution in [0, 0.1) is 0 Å². The summed E-state index contributed by atoms with van der Waals surface area (Å²) in [5.74, 6) is 0.185. The molecule has 2 aliphatic heterocycles. The van der Waals surface area contributed by atoms with Gasteiger partial charge in [0.2, 0.25) is 5.91 Å². The number of amides is 2. The molecule has 1 aromatic heterocycles. The van der Waals surface area contributed by atoms with Gasteiger partial charge in [-0.1, -0.05) is 24.3 Å². The fraction of sp³-hybridized carbons (Fsp3) is 0.160. The van der Waals surface area contributed by atoms with Crippen LogP contribution in [-0.2, 0) is 14.3 Å². The number of morpholine rings is 1. The monoisotopic (exact) mass is 474 g/mol. The van der Waals surface area contributed by atoms with Gasteiger partial charge in [-0.15, -0.1) is 11.3 Å². The van der Waals surface area contributed by atoms with Crippen LogP contribution < -0.4 is 20.3 Å². The largest absolute Gasteiger partial charge is 0.449 e. The van der Waals surface area contributed by atoms with Gasteiger partial charge in [0, 0.05) is 36.3 Å². The molecule has 9 heteroatoms. The zero-order chi connectivity index (χ0) is 23.3. The SMILES string of the molecule is O=C(/C=C/c1cnc(/C=C2\Oc3ccccc3NC2=O)s1)Nc1ccccc1N1CCOCC1. The van der Waals surface area contributed by atoms with Gasteiger partial charge in [0.05, 0.1) is 30.3 Å². The van der Waals surface area contributed by atoms with Crippen LogP contribution in [0.2, 0.25) is 0 Å². The molecule has 2 aliphatic rings. The van der Waals surface area contributed by atoms with Crippen molar-refractivity contribution in [2.75, 3.05) is 41.8 Å². The van der Waals surface area contributed by atoms with Crippen molar-refractivity contribution in [2.24, 2.45) is 0 Å². The Morgan fingerprint density at radius 3 is 2.79 bits per heavy atom. The molecule has 0 atom stereocenters. The number of ether oxygens (including phenoxy) is 2. The lowest BCUT2D eigenvalue weighted by Gasteiger charge is -2.30. The molecule has 0 aliphatic carbocycles. The van der Waals surface area contributed by atoms with Crippen LogP contribution >= 0.6 is 11.3 Å². The fourth-order valence-electron chi connectivity index (χ4n) is 3.65. The number of hydrogen-bond donors (Lipinski definition) is 2. The van der Waals surface area contributed by atoms with Crippen molar-refractivity contribution in [3.63, 3.8) is 0 Å². The predicted molar refractivity (Wildman–Crippen MR) is 133 cm³/mol. The van der Waals surface area contributed by atoms with Crippen molar-refractivity contribution < 1.29 is 19.1 Å². The number of benzene rings is 2. The number of nitrogens with zero attached hydrogens (tertiary/aromatic N) is 2. The lowest BCUT2D eigenvalue weighted by molar-refractivity contribution is -0.115. The Morgan fingerprint density at radius 1 is 1.12 bits per heavy atom. The molecule has 172 valence electrons. The zero-order valence-corrected chi connectivity index (χ0v) is 19.0. The molecule has 34 heavy (non-hydrogen) atoms. The normalized spacial score (nSPS) is 16.8. The standard InChI is InChI=1S/C25H22N4O4S/c30-23(27-18-5-1-3-7-20(18)29-11-13-32-14-12-29)10-9-17-16-26-24(34-17)15-22-25(31)28-19-6-2-4-8-21(19)33-22/h1-10,15-16H,11-14H2,(H,27,30)(H,28,31)/b10-9+,22-15-. The van der Waals surface area contributed by atoms with E-state index in [-0.39, 0.29) is 17.6 Å². The second-order valence-electron chi connectivity index (χ2n) is 7.60. The van der Waals surface area contributed by atoms with Crippen LogP contribution in [0.25, 0.3) is 12.2 Å². The molecular formula is C25H22N4O4S. The quantitative estimate of drug-likeness (QED) is 0.543. The van der Waals surface area contributed by atoms with Gasteiger partial charge in [-0.2, -0.15) is 0 Å². The van der Waals surface area contributed by atoms with Crippen LogP contribution in [0.15, 0.2) is 66.6 Å². The zero-order valence-electron chi connectivity index (χ0n) is 18.2. The first-order valence-corrected chi connectivity index (χ1v) is 11.6. The van der Waals surface area contributed by atoms with E-state index in [0.717, 1.165) is 29.3 Å². The lowest BCUT2D eigenvalue weighted by atomic mass is 10.2. The van der Waals surface area contributed by atoms with Gasteiger partial charge in [-0.3, -0.25) is 9.59 Å². The number of carbonyl (C=O) groups is 2. The Hall–Kier alpha value is -3.95. The molecule has 3 aromatic rings. The van der Waals surface area contributed by atoms with E-state index >= 15 is 0 Å². The first-order chi connectivity index (χ1) is 16.7. The van der Waals surface area contributed by atoms with Crippen molar-refractivity contribution in [3.05, 3.63) is 76.4 Å². The van der Waals surface area contributed by atoms with Gasteiger partial charge in [0.1, 0.15) is 5.01 Å². The van der Waals surface area contributed by atoms with Crippen molar-refractivity contribution in [1.82, 2.24) is 4.98 Å². The van der Waals surface area contributed by atoms with E-state index in [4.69, 9.17) is 9.47 Å². The molecule has 2 N–H and O–H groups in total. The Morgan fingerprint density at radius 2 is 1.91 bits per heavy atom. The van der Waals surface area contributed by atoms with Gasteiger partial charge >= 0.3 is 0 Å². The average Bonchev–Trinajstić information content (AvgIpc) is 3.31. The van der Waals surface area contributed by atoms with Crippen molar-refractivity contribution in [2.45, 2.75) is 0 Å².